The van der Waals surface area contributed by atoms with Gasteiger partial charge in [0.25, 0.3) is 0 Å². The Bertz CT molecular complexity index is 1930. The van der Waals surface area contributed by atoms with Crippen LogP contribution in [0.1, 0.15) is 427 Å². The quantitative estimate of drug-likeness (QED) is 0.0222. The van der Waals surface area contributed by atoms with Crippen molar-refractivity contribution in [3.05, 3.63) is 0 Å². The van der Waals surface area contributed by atoms with Gasteiger partial charge in [0, 0.05) is 25.7 Å². The molecular weight excluding hydrogens is 1310 g/mol. The fourth-order valence-corrected chi connectivity index (χ4v) is 14.1. The van der Waals surface area contributed by atoms with Crippen molar-refractivity contribution in [3.8, 4) is 0 Å². The molecule has 0 bridgehead atoms. The highest BCUT2D eigenvalue weighted by atomic mass is 31.2. The normalized spacial score (nSPS) is 14.4. The summed E-state index contributed by atoms with van der Waals surface area (Å²) in [5.41, 5.74) is 0. The molecule has 17 nitrogen and oxygen atoms in total. The second kappa shape index (κ2) is 72.6. The zero-order valence-corrected chi connectivity index (χ0v) is 67.3. The Hall–Kier alpha value is -1.94. The lowest BCUT2D eigenvalue weighted by Crippen LogP contribution is -2.30. The highest BCUT2D eigenvalue weighted by Gasteiger charge is 2.30. The molecule has 0 aliphatic rings. The summed E-state index contributed by atoms with van der Waals surface area (Å²) in [7, 11) is -9.92. The van der Waals surface area contributed by atoms with Crippen LogP contribution >= 0.6 is 15.6 Å². The number of ether oxygens (including phenoxy) is 4. The summed E-state index contributed by atoms with van der Waals surface area (Å²) < 4.78 is 68.7. The minimum atomic E-state index is -4.96. The van der Waals surface area contributed by atoms with Gasteiger partial charge in [0.1, 0.15) is 19.3 Å². The van der Waals surface area contributed by atoms with Crippen LogP contribution in [0.25, 0.3) is 0 Å². The van der Waals surface area contributed by atoms with Crippen LogP contribution in [0, 0.1) is 11.8 Å². The number of hydrogen-bond donors (Lipinski definition) is 3. The van der Waals surface area contributed by atoms with Crippen molar-refractivity contribution < 1.29 is 80.2 Å². The molecule has 7 atom stereocenters. The summed E-state index contributed by atoms with van der Waals surface area (Å²) in [5, 5.41) is 10.6. The van der Waals surface area contributed by atoms with Crippen LogP contribution in [0.2, 0.25) is 0 Å². The van der Waals surface area contributed by atoms with Crippen molar-refractivity contribution in [1.82, 2.24) is 0 Å². The third kappa shape index (κ3) is 71.7. The number of carbonyl (C=O) groups excluding carboxylic acids is 4. The molecule has 19 heteroatoms. The molecule has 0 aromatic heterocycles. The number of hydrogen-bond acceptors (Lipinski definition) is 15. The highest BCUT2D eigenvalue weighted by molar-refractivity contribution is 7.47. The van der Waals surface area contributed by atoms with Gasteiger partial charge in [-0.1, -0.05) is 375 Å². The number of phosphoric acid groups is 2. The van der Waals surface area contributed by atoms with Gasteiger partial charge >= 0.3 is 39.5 Å². The average Bonchev–Trinajstić information content (AvgIpc) is 0.947. The molecule has 0 spiro atoms. The molecule has 0 rings (SSSR count). The van der Waals surface area contributed by atoms with E-state index in [1.165, 1.54) is 244 Å². The summed E-state index contributed by atoms with van der Waals surface area (Å²) in [6.07, 6.45) is 62.3. The molecule has 3 N–H and O–H groups in total. The lowest BCUT2D eigenvalue weighted by Gasteiger charge is -2.21. The molecule has 594 valence electrons. The van der Waals surface area contributed by atoms with Gasteiger partial charge in [-0.3, -0.25) is 37.3 Å². The van der Waals surface area contributed by atoms with Crippen LogP contribution < -0.4 is 0 Å². The fourth-order valence-electron chi connectivity index (χ4n) is 12.5. The maximum atomic E-state index is 13.1. The van der Waals surface area contributed by atoms with Gasteiger partial charge in [-0.2, -0.15) is 0 Å². The van der Waals surface area contributed by atoms with Crippen molar-refractivity contribution >= 4 is 39.5 Å². The van der Waals surface area contributed by atoms with E-state index in [1.807, 2.05) is 0 Å². The molecule has 0 saturated heterocycles. The largest absolute Gasteiger partial charge is 0.472 e. The maximum Gasteiger partial charge on any atom is 0.472 e. The summed E-state index contributed by atoms with van der Waals surface area (Å²) >= 11 is 0. The van der Waals surface area contributed by atoms with Gasteiger partial charge < -0.3 is 33.8 Å². The van der Waals surface area contributed by atoms with Gasteiger partial charge in [-0.15, -0.1) is 0 Å². The third-order valence-corrected chi connectivity index (χ3v) is 21.6. The number of phosphoric ester groups is 2. The SMILES string of the molecule is CCCCCCCCCCCCCCCCCCCCCC(=O)O[C@H](COC(=O)CCCCCCCCCCCCCCCCC(C)CC)COP(=O)(O)OC[C@@H](O)COP(=O)(O)OC[C@@H](COC(=O)CCCCCCCCCCCCC)OC(=O)CCCCCCCCCCC(C)CC. The van der Waals surface area contributed by atoms with E-state index in [-0.39, 0.29) is 25.7 Å². The van der Waals surface area contributed by atoms with Crippen LogP contribution in [0.15, 0.2) is 0 Å². The molecule has 100 heavy (non-hydrogen) atoms. The zero-order chi connectivity index (χ0) is 73.5. The Labute approximate surface area is 613 Å². The molecule has 0 amide bonds. The van der Waals surface area contributed by atoms with Gasteiger partial charge in [0.05, 0.1) is 26.4 Å². The summed E-state index contributed by atoms with van der Waals surface area (Å²) in [5.74, 6) is -0.490. The van der Waals surface area contributed by atoms with E-state index < -0.39 is 97.5 Å². The fraction of sp³-hybridized carbons (Fsp3) is 0.951. The minimum absolute atomic E-state index is 0.105. The predicted octanol–water partition coefficient (Wildman–Crippen LogP) is 24.3. The van der Waals surface area contributed by atoms with E-state index in [2.05, 4.69) is 41.5 Å². The minimum Gasteiger partial charge on any atom is -0.462 e. The molecule has 0 radical (unpaired) electrons. The second-order valence-electron chi connectivity index (χ2n) is 29.6. The van der Waals surface area contributed by atoms with Gasteiger partial charge in [-0.25, -0.2) is 9.13 Å². The van der Waals surface area contributed by atoms with E-state index in [1.54, 1.807) is 0 Å². The molecule has 0 aromatic rings. The van der Waals surface area contributed by atoms with Crippen LogP contribution in [0.4, 0.5) is 0 Å². The Kier molecular flexibility index (Phi) is 71.2. The monoisotopic (exact) mass is 1470 g/mol. The lowest BCUT2D eigenvalue weighted by molar-refractivity contribution is -0.161. The van der Waals surface area contributed by atoms with Gasteiger partial charge in [0.2, 0.25) is 0 Å². The number of unbranched alkanes of at least 4 members (excludes halogenated alkanes) is 48. The predicted molar refractivity (Wildman–Crippen MR) is 409 cm³/mol. The first kappa shape index (κ1) is 98.1. The van der Waals surface area contributed by atoms with Crippen molar-refractivity contribution in [2.75, 3.05) is 39.6 Å². The van der Waals surface area contributed by atoms with E-state index >= 15 is 0 Å². The van der Waals surface area contributed by atoms with Crippen molar-refractivity contribution in [3.63, 3.8) is 0 Å². The molecule has 4 unspecified atom stereocenters. The number of carbonyl (C=O) groups is 4. The Morgan fingerprint density at radius 3 is 0.710 bits per heavy atom. The van der Waals surface area contributed by atoms with E-state index in [9.17, 15) is 43.2 Å². The molecule has 0 aliphatic carbocycles. The average molecular weight is 1470 g/mol. The summed E-state index contributed by atoms with van der Waals surface area (Å²) in [4.78, 5) is 73.0. The standard InChI is InChI=1S/C81H158O17P2/c1-7-11-13-15-17-19-21-22-23-24-25-26-27-32-36-40-47-53-59-65-80(85)97-76(69-92-79(84)64-58-52-46-39-35-31-29-28-30-34-37-43-49-55-61-73(5)9-3)71-95-99(87,88)93-67-75(82)68-94-100(89,90)96-72-77(70-91-78(83)63-57-51-45-38-33-20-18-16-14-12-8-2)98-81(86)66-60-54-48-42-41-44-50-56-62-74(6)10-4/h73-77,82H,7-72H2,1-6H3,(H,87,88)(H,89,90)/t73?,74?,75-,76-,77-/m1/s1. The van der Waals surface area contributed by atoms with Gasteiger partial charge in [0.15, 0.2) is 12.2 Å². The van der Waals surface area contributed by atoms with Crippen LogP contribution in [-0.2, 0) is 65.4 Å². The number of aliphatic hydroxyl groups excluding tert-OH is 1. The topological polar surface area (TPSA) is 237 Å². The van der Waals surface area contributed by atoms with E-state index in [0.717, 1.165) is 102 Å². The van der Waals surface area contributed by atoms with Crippen LogP contribution in [0.5, 0.6) is 0 Å². The first-order valence-corrected chi connectivity index (χ1v) is 45.1. The van der Waals surface area contributed by atoms with E-state index in [0.29, 0.717) is 25.7 Å². The summed E-state index contributed by atoms with van der Waals surface area (Å²) in [6.45, 7) is 9.68. The lowest BCUT2D eigenvalue weighted by atomic mass is 9.99. The molecule has 0 aliphatic heterocycles. The van der Waals surface area contributed by atoms with Crippen molar-refractivity contribution in [2.45, 2.75) is 445 Å². The molecular formula is C81H158O17P2. The third-order valence-electron chi connectivity index (χ3n) is 19.7. The zero-order valence-electron chi connectivity index (χ0n) is 65.5. The Balaban J connectivity index is 5.24. The van der Waals surface area contributed by atoms with Crippen molar-refractivity contribution in [2.24, 2.45) is 11.8 Å². The van der Waals surface area contributed by atoms with Crippen LogP contribution in [0.3, 0.4) is 0 Å². The Morgan fingerprint density at radius 1 is 0.280 bits per heavy atom. The molecule has 0 saturated carbocycles. The Morgan fingerprint density at radius 2 is 0.480 bits per heavy atom. The number of aliphatic hydroxyl groups is 1. The second-order valence-corrected chi connectivity index (χ2v) is 32.6. The maximum absolute atomic E-state index is 13.1. The number of esters is 4. The van der Waals surface area contributed by atoms with Crippen molar-refractivity contribution in [1.29, 1.82) is 0 Å². The molecule has 0 heterocycles. The molecule has 0 aromatic carbocycles. The summed E-state index contributed by atoms with van der Waals surface area (Å²) in [6, 6.07) is 0. The molecule has 0 fully saturated rings. The van der Waals surface area contributed by atoms with E-state index in [4.69, 9.17) is 37.0 Å². The number of rotatable bonds is 80. The van der Waals surface area contributed by atoms with Gasteiger partial charge in [-0.05, 0) is 37.5 Å². The first-order valence-electron chi connectivity index (χ1n) is 42.1. The van der Waals surface area contributed by atoms with Crippen LogP contribution in [-0.4, -0.2) is 96.7 Å². The first-order chi connectivity index (χ1) is 48.4. The smallest absolute Gasteiger partial charge is 0.462 e. The highest BCUT2D eigenvalue weighted by Crippen LogP contribution is 2.45.